The molecular weight excluding hydrogens is 228 g/mol. The molecule has 1 heterocycles. The number of nitrogens with one attached hydrogen (secondary N) is 1. The number of carbonyl (C=O) groups is 1. The van der Waals surface area contributed by atoms with Crippen molar-refractivity contribution >= 4 is 18.3 Å². The lowest BCUT2D eigenvalue weighted by molar-refractivity contribution is -0.149. The molecule has 2 rings (SSSR count). The molecule has 16 heavy (non-hydrogen) atoms. The number of likely N-dealkylation sites (N-methyl/N-ethyl adjacent to an activating group) is 1. The van der Waals surface area contributed by atoms with E-state index < -0.39 is 0 Å². The second-order valence-electron chi connectivity index (χ2n) is 4.27. The van der Waals surface area contributed by atoms with Gasteiger partial charge in [-0.25, -0.2) is 0 Å². The molecule has 0 radical (unpaired) electrons. The molecule has 2 aliphatic rings. The number of halogens is 1. The number of amides is 1. The average Bonchev–Trinajstić information content (AvgIpc) is 2.23. The van der Waals surface area contributed by atoms with Crippen molar-refractivity contribution in [1.29, 1.82) is 0 Å². The Bertz CT molecular complexity index is 228. The van der Waals surface area contributed by atoms with Gasteiger partial charge in [0.1, 0.15) is 6.10 Å². The summed E-state index contributed by atoms with van der Waals surface area (Å²) >= 11 is 0. The first-order valence-corrected chi connectivity index (χ1v) is 5.95. The Kier molecular flexibility index (Phi) is 5.52. The van der Waals surface area contributed by atoms with Crippen LogP contribution in [0.15, 0.2) is 0 Å². The van der Waals surface area contributed by atoms with Gasteiger partial charge < -0.3 is 15.0 Å². The Hall–Kier alpha value is -0.320. The maximum Gasteiger partial charge on any atom is 0.253 e. The smallest absolute Gasteiger partial charge is 0.253 e. The zero-order valence-electron chi connectivity index (χ0n) is 9.78. The number of nitrogens with zero attached hydrogens (tertiary/aromatic N) is 1. The minimum Gasteiger partial charge on any atom is -0.366 e. The third kappa shape index (κ3) is 2.87. The molecule has 0 spiro atoms. The number of ether oxygens (including phenoxy) is 1. The first-order chi connectivity index (χ1) is 7.33. The lowest BCUT2D eigenvalue weighted by Crippen LogP contribution is -2.53. The molecule has 0 aromatic rings. The van der Waals surface area contributed by atoms with Crippen LogP contribution >= 0.6 is 12.4 Å². The Labute approximate surface area is 103 Å². The molecule has 94 valence electrons. The van der Waals surface area contributed by atoms with Crippen molar-refractivity contribution < 1.29 is 9.53 Å². The normalized spacial score (nSPS) is 25.4. The summed E-state index contributed by atoms with van der Waals surface area (Å²) in [6, 6.07) is 0.480. The standard InChI is InChI=1S/C11H20N2O2.ClH/c1-2-13(9-4-3-5-9)11(14)10-8-12-6-7-15-10;/h9-10,12H,2-8H2,1H3;1H. The van der Waals surface area contributed by atoms with E-state index in [1.807, 2.05) is 11.8 Å². The van der Waals surface area contributed by atoms with Gasteiger partial charge in [-0.15, -0.1) is 12.4 Å². The topological polar surface area (TPSA) is 41.6 Å². The highest BCUT2D eigenvalue weighted by atomic mass is 35.5. The molecule has 0 bridgehead atoms. The van der Waals surface area contributed by atoms with E-state index in [-0.39, 0.29) is 24.4 Å². The highest BCUT2D eigenvalue weighted by Crippen LogP contribution is 2.25. The number of morpholine rings is 1. The minimum atomic E-state index is -0.251. The van der Waals surface area contributed by atoms with Crippen molar-refractivity contribution in [1.82, 2.24) is 10.2 Å². The maximum absolute atomic E-state index is 12.1. The van der Waals surface area contributed by atoms with Gasteiger partial charge in [0.2, 0.25) is 0 Å². The lowest BCUT2D eigenvalue weighted by Gasteiger charge is -2.39. The summed E-state index contributed by atoms with van der Waals surface area (Å²) in [5, 5.41) is 3.20. The molecule has 0 aromatic carbocycles. The van der Waals surface area contributed by atoms with Crippen LogP contribution in [0.1, 0.15) is 26.2 Å². The van der Waals surface area contributed by atoms with Gasteiger partial charge in [0, 0.05) is 25.7 Å². The van der Waals surface area contributed by atoms with Crippen LogP contribution in [0, 0.1) is 0 Å². The molecule has 1 N–H and O–H groups in total. The fraction of sp³-hybridized carbons (Fsp3) is 0.909. The SMILES string of the molecule is CCN(C(=O)C1CNCCO1)C1CCC1.Cl. The Balaban J connectivity index is 0.00000128. The summed E-state index contributed by atoms with van der Waals surface area (Å²) in [6.07, 6.45) is 3.34. The van der Waals surface area contributed by atoms with Crippen molar-refractivity contribution in [3.63, 3.8) is 0 Å². The minimum absolute atomic E-state index is 0. The van der Waals surface area contributed by atoms with Crippen LogP contribution < -0.4 is 5.32 Å². The second-order valence-corrected chi connectivity index (χ2v) is 4.27. The van der Waals surface area contributed by atoms with E-state index >= 15 is 0 Å². The Morgan fingerprint density at radius 1 is 1.50 bits per heavy atom. The highest BCUT2D eigenvalue weighted by Gasteiger charge is 2.32. The van der Waals surface area contributed by atoms with E-state index in [4.69, 9.17) is 4.74 Å². The Morgan fingerprint density at radius 2 is 2.25 bits per heavy atom. The molecule has 5 heteroatoms. The van der Waals surface area contributed by atoms with Crippen molar-refractivity contribution in [2.45, 2.75) is 38.3 Å². The van der Waals surface area contributed by atoms with Crippen LogP contribution in [0.25, 0.3) is 0 Å². The quantitative estimate of drug-likeness (QED) is 0.803. The summed E-state index contributed by atoms with van der Waals surface area (Å²) in [4.78, 5) is 14.1. The molecule has 1 atom stereocenters. The second kappa shape index (κ2) is 6.42. The van der Waals surface area contributed by atoms with E-state index in [2.05, 4.69) is 5.32 Å². The Morgan fingerprint density at radius 3 is 2.69 bits per heavy atom. The average molecular weight is 249 g/mol. The number of hydrogen-bond donors (Lipinski definition) is 1. The molecule has 1 unspecified atom stereocenters. The number of hydrogen-bond acceptors (Lipinski definition) is 3. The van der Waals surface area contributed by atoms with E-state index in [9.17, 15) is 4.79 Å². The molecule has 0 aromatic heterocycles. The first kappa shape index (κ1) is 13.7. The van der Waals surface area contributed by atoms with Crippen LogP contribution in [0.5, 0.6) is 0 Å². The summed E-state index contributed by atoms with van der Waals surface area (Å²) < 4.78 is 5.49. The summed E-state index contributed by atoms with van der Waals surface area (Å²) in [6.45, 7) is 5.04. The van der Waals surface area contributed by atoms with Gasteiger partial charge in [-0.05, 0) is 26.2 Å². The van der Waals surface area contributed by atoms with Crippen molar-refractivity contribution in [2.24, 2.45) is 0 Å². The van der Waals surface area contributed by atoms with Gasteiger partial charge in [-0.1, -0.05) is 0 Å². The molecule has 1 saturated heterocycles. The highest BCUT2D eigenvalue weighted by molar-refractivity contribution is 5.85. The van der Waals surface area contributed by atoms with E-state index in [1.54, 1.807) is 0 Å². The lowest BCUT2D eigenvalue weighted by atomic mass is 9.91. The van der Waals surface area contributed by atoms with Crippen LogP contribution in [-0.4, -0.2) is 49.2 Å². The van der Waals surface area contributed by atoms with Gasteiger partial charge in [-0.2, -0.15) is 0 Å². The third-order valence-electron chi connectivity index (χ3n) is 3.34. The summed E-state index contributed by atoms with van der Waals surface area (Å²) in [5.74, 6) is 0.175. The molecule has 1 amide bonds. The van der Waals surface area contributed by atoms with Gasteiger partial charge in [-0.3, -0.25) is 4.79 Å². The predicted octanol–water partition coefficient (Wildman–Crippen LogP) is 0.798. The van der Waals surface area contributed by atoms with E-state index in [0.29, 0.717) is 19.2 Å². The molecule has 1 aliphatic carbocycles. The van der Waals surface area contributed by atoms with Crippen molar-refractivity contribution in [3.05, 3.63) is 0 Å². The van der Waals surface area contributed by atoms with E-state index in [1.165, 1.54) is 19.3 Å². The van der Waals surface area contributed by atoms with E-state index in [0.717, 1.165) is 13.1 Å². The first-order valence-electron chi connectivity index (χ1n) is 5.95. The maximum atomic E-state index is 12.1. The van der Waals surface area contributed by atoms with Gasteiger partial charge in [0.05, 0.1) is 6.61 Å². The van der Waals surface area contributed by atoms with Gasteiger partial charge in [0.15, 0.2) is 0 Å². The zero-order valence-corrected chi connectivity index (χ0v) is 10.6. The molecule has 4 nitrogen and oxygen atoms in total. The van der Waals surface area contributed by atoms with Crippen LogP contribution in [0.3, 0.4) is 0 Å². The van der Waals surface area contributed by atoms with Crippen LogP contribution in [-0.2, 0) is 9.53 Å². The van der Waals surface area contributed by atoms with Crippen molar-refractivity contribution in [3.8, 4) is 0 Å². The van der Waals surface area contributed by atoms with Crippen molar-refractivity contribution in [2.75, 3.05) is 26.2 Å². The predicted molar refractivity (Wildman–Crippen MR) is 64.9 cm³/mol. The molecule has 1 aliphatic heterocycles. The molecule has 1 saturated carbocycles. The zero-order chi connectivity index (χ0) is 10.7. The fourth-order valence-electron chi connectivity index (χ4n) is 2.20. The largest absolute Gasteiger partial charge is 0.366 e. The monoisotopic (exact) mass is 248 g/mol. The summed E-state index contributed by atoms with van der Waals surface area (Å²) in [7, 11) is 0. The summed E-state index contributed by atoms with van der Waals surface area (Å²) in [5.41, 5.74) is 0. The fourth-order valence-corrected chi connectivity index (χ4v) is 2.20. The molecular formula is C11H21ClN2O2. The van der Waals surface area contributed by atoms with Gasteiger partial charge in [0.25, 0.3) is 5.91 Å². The third-order valence-corrected chi connectivity index (χ3v) is 3.34. The van der Waals surface area contributed by atoms with Crippen LogP contribution in [0.4, 0.5) is 0 Å². The van der Waals surface area contributed by atoms with Crippen LogP contribution in [0.2, 0.25) is 0 Å². The van der Waals surface area contributed by atoms with Gasteiger partial charge >= 0.3 is 0 Å². The molecule has 2 fully saturated rings. The number of carbonyl (C=O) groups excluding carboxylic acids is 1. The number of rotatable bonds is 3.